The van der Waals surface area contributed by atoms with Crippen molar-refractivity contribution in [1.82, 2.24) is 4.90 Å². The molecule has 0 aliphatic heterocycles. The molecule has 4 nitrogen and oxygen atoms in total. The molecule has 2 aromatic carbocycles. The Balaban J connectivity index is 2.01. The van der Waals surface area contributed by atoms with Crippen molar-refractivity contribution >= 4 is 11.7 Å². The fourth-order valence-corrected chi connectivity index (χ4v) is 1.47. The summed E-state index contributed by atoms with van der Waals surface area (Å²) in [6.45, 7) is 0. The van der Waals surface area contributed by atoms with Crippen LogP contribution in [0.1, 0.15) is 0 Å². The lowest BCUT2D eigenvalue weighted by Gasteiger charge is -2.12. The van der Waals surface area contributed by atoms with Gasteiger partial charge in [-0.25, -0.2) is 4.79 Å². The summed E-state index contributed by atoms with van der Waals surface area (Å²) in [5.41, 5.74) is 0.735. The van der Waals surface area contributed by atoms with E-state index in [9.17, 15) is 4.79 Å². The number of para-hydroxylation sites is 1. The predicted octanol–water partition coefficient (Wildman–Crippen LogP) is 3.57. The Labute approximate surface area is 112 Å². The van der Waals surface area contributed by atoms with E-state index in [4.69, 9.17) is 4.74 Å². The average molecular weight is 256 g/mol. The van der Waals surface area contributed by atoms with Crippen molar-refractivity contribution in [2.45, 2.75) is 0 Å². The van der Waals surface area contributed by atoms with E-state index in [1.54, 1.807) is 26.2 Å². The molecule has 2 amide bonds. The zero-order chi connectivity index (χ0) is 13.7. The summed E-state index contributed by atoms with van der Waals surface area (Å²) in [6.07, 6.45) is 0. The Hall–Kier alpha value is -2.49. The SMILES string of the molecule is CN(C)C(=O)Nc1ccc(Oc2ccccc2)cc1. The third-order valence-electron chi connectivity index (χ3n) is 2.49. The number of hydrogen-bond acceptors (Lipinski definition) is 2. The van der Waals surface area contributed by atoms with Crippen LogP contribution in [0.2, 0.25) is 0 Å². The number of amides is 2. The highest BCUT2D eigenvalue weighted by Gasteiger charge is 2.03. The van der Waals surface area contributed by atoms with Crippen LogP contribution in [0.15, 0.2) is 54.6 Å². The fraction of sp³-hybridized carbons (Fsp3) is 0.133. The van der Waals surface area contributed by atoms with Crippen LogP contribution < -0.4 is 10.1 Å². The van der Waals surface area contributed by atoms with Crippen molar-refractivity contribution in [2.75, 3.05) is 19.4 Å². The van der Waals surface area contributed by atoms with Crippen LogP contribution in [0.5, 0.6) is 11.5 Å². The molecule has 1 N–H and O–H groups in total. The lowest BCUT2D eigenvalue weighted by molar-refractivity contribution is 0.230. The lowest BCUT2D eigenvalue weighted by Crippen LogP contribution is -2.27. The van der Waals surface area contributed by atoms with Crippen LogP contribution in [0, 0.1) is 0 Å². The third-order valence-corrected chi connectivity index (χ3v) is 2.49. The van der Waals surface area contributed by atoms with Crippen LogP contribution in [0.25, 0.3) is 0 Å². The van der Waals surface area contributed by atoms with Crippen LogP contribution in [-0.2, 0) is 0 Å². The summed E-state index contributed by atoms with van der Waals surface area (Å²) < 4.78 is 5.66. The molecule has 0 aliphatic carbocycles. The maximum atomic E-state index is 11.5. The molecular formula is C15H16N2O2. The van der Waals surface area contributed by atoms with E-state index >= 15 is 0 Å². The van der Waals surface area contributed by atoms with Crippen LogP contribution >= 0.6 is 0 Å². The second-order valence-electron chi connectivity index (χ2n) is 4.26. The monoisotopic (exact) mass is 256 g/mol. The van der Waals surface area contributed by atoms with Gasteiger partial charge < -0.3 is 15.0 Å². The number of rotatable bonds is 3. The summed E-state index contributed by atoms with van der Waals surface area (Å²) in [4.78, 5) is 13.0. The van der Waals surface area contributed by atoms with Crippen molar-refractivity contribution in [3.63, 3.8) is 0 Å². The maximum Gasteiger partial charge on any atom is 0.321 e. The van der Waals surface area contributed by atoms with Crippen LogP contribution in [0.3, 0.4) is 0 Å². The normalized spacial score (nSPS) is 9.79. The van der Waals surface area contributed by atoms with Gasteiger partial charge >= 0.3 is 6.03 Å². The first-order valence-electron chi connectivity index (χ1n) is 5.96. The van der Waals surface area contributed by atoms with E-state index in [2.05, 4.69) is 5.32 Å². The van der Waals surface area contributed by atoms with Gasteiger partial charge in [-0.15, -0.1) is 0 Å². The molecule has 0 fully saturated rings. The van der Waals surface area contributed by atoms with Crippen molar-refractivity contribution in [2.24, 2.45) is 0 Å². The number of carbonyl (C=O) groups excluding carboxylic acids is 1. The van der Waals surface area contributed by atoms with Gasteiger partial charge in [-0.2, -0.15) is 0 Å². The Bertz CT molecular complexity index is 536. The molecule has 19 heavy (non-hydrogen) atoms. The first kappa shape index (κ1) is 13.0. The molecule has 2 aromatic rings. The van der Waals surface area contributed by atoms with Gasteiger partial charge in [0.15, 0.2) is 0 Å². The van der Waals surface area contributed by atoms with Crippen molar-refractivity contribution in [3.8, 4) is 11.5 Å². The zero-order valence-corrected chi connectivity index (χ0v) is 11.0. The molecule has 0 bridgehead atoms. The van der Waals surface area contributed by atoms with Gasteiger partial charge in [0.25, 0.3) is 0 Å². The predicted molar refractivity (Wildman–Crippen MR) is 75.7 cm³/mol. The molecule has 0 spiro atoms. The van der Waals surface area contributed by atoms with Crippen molar-refractivity contribution in [1.29, 1.82) is 0 Å². The highest BCUT2D eigenvalue weighted by atomic mass is 16.5. The topological polar surface area (TPSA) is 41.6 Å². The molecular weight excluding hydrogens is 240 g/mol. The van der Waals surface area contributed by atoms with Gasteiger partial charge in [0.1, 0.15) is 11.5 Å². The molecule has 0 radical (unpaired) electrons. The minimum Gasteiger partial charge on any atom is -0.457 e. The molecule has 4 heteroatoms. The molecule has 0 aliphatic rings. The zero-order valence-electron chi connectivity index (χ0n) is 11.0. The number of benzene rings is 2. The number of urea groups is 1. The summed E-state index contributed by atoms with van der Waals surface area (Å²) in [7, 11) is 3.39. The largest absolute Gasteiger partial charge is 0.457 e. The Morgan fingerprint density at radius 2 is 1.53 bits per heavy atom. The molecule has 0 saturated heterocycles. The number of hydrogen-bond donors (Lipinski definition) is 1. The summed E-state index contributed by atoms with van der Waals surface area (Å²) in [5.74, 6) is 1.52. The molecule has 0 saturated carbocycles. The third kappa shape index (κ3) is 3.74. The second kappa shape index (κ2) is 5.91. The molecule has 0 atom stereocenters. The van der Waals surface area contributed by atoms with Gasteiger partial charge in [-0.05, 0) is 36.4 Å². The van der Waals surface area contributed by atoms with Crippen molar-refractivity contribution in [3.05, 3.63) is 54.6 Å². The highest BCUT2D eigenvalue weighted by molar-refractivity contribution is 5.88. The summed E-state index contributed by atoms with van der Waals surface area (Å²) in [6, 6.07) is 16.6. The van der Waals surface area contributed by atoms with E-state index in [-0.39, 0.29) is 6.03 Å². The minimum absolute atomic E-state index is 0.156. The van der Waals surface area contributed by atoms with Gasteiger partial charge in [0.2, 0.25) is 0 Å². The summed E-state index contributed by atoms with van der Waals surface area (Å²) >= 11 is 0. The van der Waals surface area contributed by atoms with Gasteiger partial charge in [-0.1, -0.05) is 18.2 Å². The number of nitrogens with one attached hydrogen (secondary N) is 1. The molecule has 0 heterocycles. The van der Waals surface area contributed by atoms with E-state index in [0.717, 1.165) is 17.2 Å². The fourth-order valence-electron chi connectivity index (χ4n) is 1.47. The smallest absolute Gasteiger partial charge is 0.321 e. The van der Waals surface area contributed by atoms with Gasteiger partial charge in [-0.3, -0.25) is 0 Å². The molecule has 0 aromatic heterocycles. The first-order chi connectivity index (χ1) is 9.15. The Morgan fingerprint density at radius 3 is 2.11 bits per heavy atom. The van der Waals surface area contributed by atoms with Crippen molar-refractivity contribution < 1.29 is 9.53 Å². The summed E-state index contributed by atoms with van der Waals surface area (Å²) in [5, 5.41) is 2.76. The van der Waals surface area contributed by atoms with Gasteiger partial charge in [0.05, 0.1) is 0 Å². The highest BCUT2D eigenvalue weighted by Crippen LogP contribution is 2.22. The number of carbonyl (C=O) groups is 1. The second-order valence-corrected chi connectivity index (χ2v) is 4.26. The minimum atomic E-state index is -0.156. The maximum absolute atomic E-state index is 11.5. The first-order valence-corrected chi connectivity index (χ1v) is 5.96. The number of ether oxygens (including phenoxy) is 1. The van der Waals surface area contributed by atoms with Crippen LogP contribution in [-0.4, -0.2) is 25.0 Å². The van der Waals surface area contributed by atoms with E-state index in [0.29, 0.717) is 0 Å². The number of nitrogens with zero attached hydrogens (tertiary/aromatic N) is 1. The lowest BCUT2D eigenvalue weighted by atomic mass is 10.3. The van der Waals surface area contributed by atoms with E-state index in [1.165, 1.54) is 4.90 Å². The van der Waals surface area contributed by atoms with Crippen LogP contribution in [0.4, 0.5) is 10.5 Å². The molecule has 98 valence electrons. The standard InChI is InChI=1S/C15H16N2O2/c1-17(2)15(18)16-12-8-10-14(11-9-12)19-13-6-4-3-5-7-13/h3-11H,1-2H3,(H,16,18). The van der Waals surface area contributed by atoms with Gasteiger partial charge in [0, 0.05) is 19.8 Å². The number of anilines is 1. The quantitative estimate of drug-likeness (QED) is 0.912. The molecule has 0 unspecified atom stereocenters. The Morgan fingerprint density at radius 1 is 0.947 bits per heavy atom. The van der Waals surface area contributed by atoms with E-state index in [1.807, 2.05) is 42.5 Å². The van der Waals surface area contributed by atoms with E-state index < -0.39 is 0 Å². The average Bonchev–Trinajstić information content (AvgIpc) is 2.42. The Kier molecular flexibility index (Phi) is 4.03. The molecule has 2 rings (SSSR count).